The number of para-hydroxylation sites is 2. The lowest BCUT2D eigenvalue weighted by molar-refractivity contribution is 0.353. The molecule has 0 bridgehead atoms. The van der Waals surface area contributed by atoms with Crippen LogP contribution in [0.4, 0.5) is 0 Å². The molecule has 4 aromatic carbocycles. The van der Waals surface area contributed by atoms with Gasteiger partial charge in [0.05, 0.1) is 11.0 Å². The van der Waals surface area contributed by atoms with Crippen molar-refractivity contribution in [1.82, 2.24) is 9.13 Å². The van der Waals surface area contributed by atoms with Gasteiger partial charge in [-0.05, 0) is 177 Å². The van der Waals surface area contributed by atoms with Gasteiger partial charge in [-0.3, -0.25) is 0 Å². The zero-order chi connectivity index (χ0) is 41.9. The van der Waals surface area contributed by atoms with Gasteiger partial charge in [0, 0.05) is 42.5 Å². The SMILES string of the molecule is CC(C)CCCC(C)CCC1CCc2c(c3cccc(Br)c3n2-c2ccc(-c3ccc(-n4c5c(c6cccc(Br)c64)CC(CCC(C)CCCC(C)C)CC5)cc3)cc2)C1. The van der Waals surface area contributed by atoms with Crippen molar-refractivity contribution in [2.75, 3.05) is 0 Å². The second-order valence-corrected chi connectivity index (χ2v) is 21.8. The van der Waals surface area contributed by atoms with E-state index in [4.69, 9.17) is 0 Å². The molecule has 2 heterocycles. The highest BCUT2D eigenvalue weighted by Crippen LogP contribution is 2.43. The largest absolute Gasteiger partial charge is 0.312 e. The Morgan fingerprint density at radius 3 is 1.28 bits per heavy atom. The van der Waals surface area contributed by atoms with E-state index < -0.39 is 0 Å². The topological polar surface area (TPSA) is 9.86 Å². The number of fused-ring (bicyclic) bond motifs is 6. The monoisotopic (exact) mass is 928 g/mol. The third-order valence-electron chi connectivity index (χ3n) is 14.5. The van der Waals surface area contributed by atoms with Crippen molar-refractivity contribution < 1.29 is 0 Å². The fourth-order valence-corrected chi connectivity index (χ4v) is 12.1. The molecule has 0 aliphatic heterocycles. The van der Waals surface area contributed by atoms with Crippen LogP contribution in [0.5, 0.6) is 0 Å². The number of halogens is 2. The molecule has 2 aliphatic rings. The lowest BCUT2D eigenvalue weighted by Crippen LogP contribution is -2.16. The van der Waals surface area contributed by atoms with Gasteiger partial charge >= 0.3 is 0 Å². The molecule has 8 rings (SSSR count). The van der Waals surface area contributed by atoms with Crippen molar-refractivity contribution in [3.8, 4) is 22.5 Å². The lowest BCUT2D eigenvalue weighted by Gasteiger charge is -2.25. The number of benzene rings is 4. The Kier molecular flexibility index (Phi) is 14.2. The van der Waals surface area contributed by atoms with Gasteiger partial charge < -0.3 is 9.13 Å². The Bertz CT molecular complexity index is 2190. The van der Waals surface area contributed by atoms with Crippen LogP contribution in [0.2, 0.25) is 0 Å². The van der Waals surface area contributed by atoms with E-state index in [0.717, 1.165) is 48.3 Å². The van der Waals surface area contributed by atoms with Crippen LogP contribution in [-0.4, -0.2) is 9.13 Å². The third-order valence-corrected chi connectivity index (χ3v) is 15.8. The fraction of sp³-hybridized carbons (Fsp3) is 0.500. The lowest BCUT2D eigenvalue weighted by atomic mass is 9.81. The summed E-state index contributed by atoms with van der Waals surface area (Å²) < 4.78 is 7.52. The van der Waals surface area contributed by atoms with Crippen LogP contribution in [0.1, 0.15) is 141 Å². The first-order valence-electron chi connectivity index (χ1n) is 23.9. The molecule has 60 heavy (non-hydrogen) atoms. The van der Waals surface area contributed by atoms with Gasteiger partial charge in [-0.2, -0.15) is 0 Å². The molecule has 0 radical (unpaired) electrons. The van der Waals surface area contributed by atoms with E-state index >= 15 is 0 Å². The summed E-state index contributed by atoms with van der Waals surface area (Å²) in [5.74, 6) is 4.87. The van der Waals surface area contributed by atoms with E-state index in [1.165, 1.54) is 155 Å². The van der Waals surface area contributed by atoms with Crippen molar-refractivity contribution in [3.05, 3.63) is 116 Å². The quantitative estimate of drug-likeness (QED) is 0.0862. The molecule has 4 unspecified atom stereocenters. The van der Waals surface area contributed by atoms with E-state index in [-0.39, 0.29) is 0 Å². The molecule has 4 heteroatoms. The number of hydrogen-bond donors (Lipinski definition) is 0. The van der Waals surface area contributed by atoms with E-state index in [0.29, 0.717) is 0 Å². The maximum absolute atomic E-state index is 3.99. The van der Waals surface area contributed by atoms with E-state index in [1.807, 2.05) is 0 Å². The average molecular weight is 931 g/mol. The number of nitrogens with zero attached hydrogens (tertiary/aromatic N) is 2. The first kappa shape index (κ1) is 43.6. The predicted octanol–water partition coefficient (Wildman–Crippen LogP) is 17.5. The summed E-state index contributed by atoms with van der Waals surface area (Å²) in [5.41, 5.74) is 13.9. The van der Waals surface area contributed by atoms with Gasteiger partial charge in [0.15, 0.2) is 0 Å². The molecule has 318 valence electrons. The van der Waals surface area contributed by atoms with Gasteiger partial charge in [-0.25, -0.2) is 0 Å². The minimum absolute atomic E-state index is 0.782. The second-order valence-electron chi connectivity index (χ2n) is 20.1. The Morgan fingerprint density at radius 2 is 0.900 bits per heavy atom. The van der Waals surface area contributed by atoms with Gasteiger partial charge in [0.2, 0.25) is 0 Å². The first-order valence-corrected chi connectivity index (χ1v) is 25.5. The molecule has 2 aliphatic carbocycles. The maximum atomic E-state index is 3.99. The van der Waals surface area contributed by atoms with Crippen LogP contribution in [0.3, 0.4) is 0 Å². The van der Waals surface area contributed by atoms with Gasteiger partial charge in [0.25, 0.3) is 0 Å². The summed E-state index contributed by atoms with van der Waals surface area (Å²) in [7, 11) is 0. The Morgan fingerprint density at radius 1 is 0.500 bits per heavy atom. The summed E-state index contributed by atoms with van der Waals surface area (Å²) in [4.78, 5) is 0. The molecule has 2 aromatic heterocycles. The normalized spacial score (nSPS) is 17.8. The molecule has 0 saturated heterocycles. The van der Waals surface area contributed by atoms with Crippen molar-refractivity contribution in [2.45, 2.75) is 144 Å². The standard InChI is InChI=1S/C56H70Br2N2/c1-37(2)11-7-13-39(5)19-21-41-23-33-53-49(35-41)47-15-9-17-51(57)55(47)59(53)45-29-25-43(26-30-45)44-27-31-46(32-28-44)60-54-34-24-42(22-20-40(6)14-8-12-38(3)4)36-50(54)48-16-10-18-52(58)56(48)60/h9-10,15-18,25-32,37-42H,7-8,11-14,19-24,33-36H2,1-6H3. The Hall–Kier alpha value is -3.08. The van der Waals surface area contributed by atoms with Crippen molar-refractivity contribution >= 4 is 53.7 Å². The van der Waals surface area contributed by atoms with Crippen LogP contribution in [0.25, 0.3) is 44.3 Å². The van der Waals surface area contributed by atoms with Gasteiger partial charge in [0.1, 0.15) is 0 Å². The van der Waals surface area contributed by atoms with Crippen LogP contribution >= 0.6 is 31.9 Å². The van der Waals surface area contributed by atoms with E-state index in [1.54, 1.807) is 11.1 Å². The average Bonchev–Trinajstić information content (AvgIpc) is 3.76. The highest BCUT2D eigenvalue weighted by molar-refractivity contribution is 9.11. The molecular weight excluding hydrogens is 860 g/mol. The van der Waals surface area contributed by atoms with Gasteiger partial charge in [-0.15, -0.1) is 0 Å². The van der Waals surface area contributed by atoms with Crippen LogP contribution in [-0.2, 0) is 25.7 Å². The smallest absolute Gasteiger partial charge is 0.0676 e. The summed E-state index contributed by atoms with van der Waals surface area (Å²) in [6, 6.07) is 32.3. The van der Waals surface area contributed by atoms with Crippen molar-refractivity contribution in [2.24, 2.45) is 35.5 Å². The minimum Gasteiger partial charge on any atom is -0.312 e. The molecule has 6 aromatic rings. The summed E-state index contributed by atoms with van der Waals surface area (Å²) in [5, 5.41) is 2.86. The van der Waals surface area contributed by atoms with Crippen LogP contribution in [0, 0.1) is 35.5 Å². The molecule has 0 saturated carbocycles. The fourth-order valence-electron chi connectivity index (χ4n) is 11.0. The highest BCUT2D eigenvalue weighted by atomic mass is 79.9. The molecule has 0 amide bonds. The van der Waals surface area contributed by atoms with Crippen molar-refractivity contribution in [1.29, 1.82) is 0 Å². The molecule has 0 spiro atoms. The number of aromatic nitrogens is 2. The van der Waals surface area contributed by atoms with Crippen LogP contribution in [0.15, 0.2) is 93.9 Å². The summed E-state index contributed by atoms with van der Waals surface area (Å²) in [6.07, 6.45) is 21.0. The zero-order valence-electron chi connectivity index (χ0n) is 37.5. The van der Waals surface area contributed by atoms with E-state index in [9.17, 15) is 0 Å². The molecular formula is C56H70Br2N2. The molecule has 4 atom stereocenters. The van der Waals surface area contributed by atoms with E-state index in [2.05, 4.69) is 167 Å². The molecule has 0 fully saturated rings. The highest BCUT2D eigenvalue weighted by Gasteiger charge is 2.29. The molecule has 0 N–H and O–H groups in total. The van der Waals surface area contributed by atoms with Crippen molar-refractivity contribution in [3.63, 3.8) is 0 Å². The Labute approximate surface area is 379 Å². The number of hydrogen-bond acceptors (Lipinski definition) is 0. The second kappa shape index (κ2) is 19.5. The minimum atomic E-state index is 0.782. The summed E-state index contributed by atoms with van der Waals surface area (Å²) >= 11 is 7.97. The van der Waals surface area contributed by atoms with Gasteiger partial charge in [-0.1, -0.05) is 141 Å². The first-order chi connectivity index (χ1) is 29.0. The van der Waals surface area contributed by atoms with Crippen LogP contribution < -0.4 is 0 Å². The maximum Gasteiger partial charge on any atom is 0.0676 e. The number of rotatable bonds is 17. The predicted molar refractivity (Wildman–Crippen MR) is 266 cm³/mol. The summed E-state index contributed by atoms with van der Waals surface area (Å²) in [6.45, 7) is 14.4. The molecule has 2 nitrogen and oxygen atoms in total. The third kappa shape index (κ3) is 9.61. The zero-order valence-corrected chi connectivity index (χ0v) is 40.7. The Balaban J connectivity index is 0.990.